The second-order valence-corrected chi connectivity index (χ2v) is 8.07. The van der Waals surface area contributed by atoms with Crippen LogP contribution < -0.4 is 9.47 Å². The monoisotopic (exact) mass is 432 g/mol. The molecule has 1 aliphatic heterocycles. The van der Waals surface area contributed by atoms with Crippen molar-refractivity contribution in [1.82, 2.24) is 0 Å². The molecule has 3 aromatic carbocycles. The Hall–Kier alpha value is -3.37. The number of allylic oxidation sites excluding steroid dienone is 1. The van der Waals surface area contributed by atoms with Gasteiger partial charge in [-0.15, -0.1) is 0 Å². The van der Waals surface area contributed by atoms with E-state index in [0.717, 1.165) is 5.56 Å². The average Bonchev–Trinajstić information content (AvgIpc) is 3.07. The predicted molar refractivity (Wildman–Crippen MR) is 121 cm³/mol. The first-order valence-electron chi connectivity index (χ1n) is 10.0. The maximum absolute atomic E-state index is 12.7. The first-order valence-corrected chi connectivity index (χ1v) is 10.4. The van der Waals surface area contributed by atoms with E-state index >= 15 is 0 Å². The van der Waals surface area contributed by atoms with Gasteiger partial charge in [0.1, 0.15) is 11.5 Å². The van der Waals surface area contributed by atoms with Crippen LogP contribution in [0.15, 0.2) is 72.5 Å². The molecule has 0 saturated carbocycles. The van der Waals surface area contributed by atoms with Gasteiger partial charge < -0.3 is 9.47 Å². The van der Waals surface area contributed by atoms with E-state index in [1.807, 2.05) is 24.3 Å². The van der Waals surface area contributed by atoms with Crippen LogP contribution in [0.3, 0.4) is 0 Å². The van der Waals surface area contributed by atoms with Crippen LogP contribution in [0.2, 0.25) is 5.02 Å². The zero-order chi connectivity index (χ0) is 22.0. The number of rotatable bonds is 6. The minimum absolute atomic E-state index is 0.126. The minimum atomic E-state index is -0.174. The largest absolute Gasteiger partial charge is 0.485 e. The van der Waals surface area contributed by atoms with Crippen LogP contribution in [0, 0.1) is 0 Å². The number of Topliss-reactive ketones (excluding diaryl/α,β-unsaturated/α-hetero) is 2. The highest BCUT2D eigenvalue weighted by Gasteiger charge is 2.27. The van der Waals surface area contributed by atoms with Crippen molar-refractivity contribution in [3.05, 3.63) is 99.8 Å². The smallest absolute Gasteiger partial charge is 0.231 e. The third kappa shape index (κ3) is 4.70. The molecule has 0 fully saturated rings. The number of fused-ring (bicyclic) bond motifs is 1. The van der Waals surface area contributed by atoms with Gasteiger partial charge in [-0.1, -0.05) is 49.7 Å². The van der Waals surface area contributed by atoms with Gasteiger partial charge in [-0.2, -0.15) is 0 Å². The molecule has 4 rings (SSSR count). The topological polar surface area (TPSA) is 52.6 Å². The van der Waals surface area contributed by atoms with Crippen LogP contribution in [0.25, 0.3) is 6.08 Å². The fourth-order valence-corrected chi connectivity index (χ4v) is 3.38. The van der Waals surface area contributed by atoms with Gasteiger partial charge in [-0.3, -0.25) is 9.59 Å². The lowest BCUT2D eigenvalue weighted by Crippen LogP contribution is -2.11. The fourth-order valence-electron chi connectivity index (χ4n) is 3.25. The summed E-state index contributed by atoms with van der Waals surface area (Å²) in [6.07, 6.45) is 1.73. The summed E-state index contributed by atoms with van der Waals surface area (Å²) in [4.78, 5) is 24.9. The Labute approximate surface area is 186 Å². The third-order valence-electron chi connectivity index (χ3n) is 5.08. The molecule has 0 aromatic heterocycles. The van der Waals surface area contributed by atoms with Crippen molar-refractivity contribution < 1.29 is 19.1 Å². The summed E-state index contributed by atoms with van der Waals surface area (Å²) in [6.45, 7) is 4.14. The summed E-state index contributed by atoms with van der Waals surface area (Å²) in [7, 11) is 0. The molecular weight excluding hydrogens is 412 g/mol. The Bertz CT molecular complexity index is 1160. The Morgan fingerprint density at radius 1 is 1.03 bits per heavy atom. The SMILES string of the molecule is CC(C)c1ccc(/C=C2\Oc3cc(OCC(=O)c4ccc(Cl)cc4)ccc3C2=O)cc1. The van der Waals surface area contributed by atoms with Gasteiger partial charge in [-0.05, 0) is 59.5 Å². The number of carbonyl (C=O) groups excluding carboxylic acids is 2. The van der Waals surface area contributed by atoms with E-state index in [1.54, 1.807) is 48.5 Å². The Morgan fingerprint density at radius 3 is 2.42 bits per heavy atom. The van der Waals surface area contributed by atoms with Crippen molar-refractivity contribution in [2.75, 3.05) is 6.61 Å². The van der Waals surface area contributed by atoms with E-state index in [-0.39, 0.29) is 23.9 Å². The fraction of sp³-hybridized carbons (Fsp3) is 0.154. The van der Waals surface area contributed by atoms with Crippen molar-refractivity contribution in [3.8, 4) is 11.5 Å². The molecule has 0 unspecified atom stereocenters. The number of carbonyl (C=O) groups is 2. The van der Waals surface area contributed by atoms with Crippen molar-refractivity contribution in [2.24, 2.45) is 0 Å². The summed E-state index contributed by atoms with van der Waals surface area (Å²) in [5.41, 5.74) is 3.12. The van der Waals surface area contributed by atoms with E-state index in [9.17, 15) is 9.59 Å². The molecule has 0 atom stereocenters. The van der Waals surface area contributed by atoms with Crippen LogP contribution in [-0.4, -0.2) is 18.2 Å². The van der Waals surface area contributed by atoms with Crippen LogP contribution >= 0.6 is 11.6 Å². The standard InChI is InChI=1S/C26H21ClO4/c1-16(2)18-5-3-17(4-6-18)13-25-26(29)22-12-11-21(14-24(22)31-25)30-15-23(28)19-7-9-20(27)10-8-19/h3-14,16H,15H2,1-2H3/b25-13-. The first-order chi connectivity index (χ1) is 14.9. The zero-order valence-corrected chi connectivity index (χ0v) is 18.0. The molecule has 0 amide bonds. The summed E-state index contributed by atoms with van der Waals surface area (Å²) < 4.78 is 11.4. The molecule has 156 valence electrons. The maximum atomic E-state index is 12.7. The molecule has 0 radical (unpaired) electrons. The highest BCUT2D eigenvalue weighted by atomic mass is 35.5. The van der Waals surface area contributed by atoms with Crippen LogP contribution in [-0.2, 0) is 0 Å². The van der Waals surface area contributed by atoms with E-state index < -0.39 is 0 Å². The van der Waals surface area contributed by atoms with Crippen molar-refractivity contribution in [1.29, 1.82) is 0 Å². The normalized spacial score (nSPS) is 13.9. The second-order valence-electron chi connectivity index (χ2n) is 7.64. The highest BCUT2D eigenvalue weighted by molar-refractivity contribution is 6.30. The number of benzene rings is 3. The molecule has 0 N–H and O–H groups in total. The van der Waals surface area contributed by atoms with Gasteiger partial charge >= 0.3 is 0 Å². The zero-order valence-electron chi connectivity index (χ0n) is 17.2. The minimum Gasteiger partial charge on any atom is -0.485 e. The van der Waals surface area contributed by atoms with Crippen molar-refractivity contribution >= 4 is 29.2 Å². The van der Waals surface area contributed by atoms with Gasteiger partial charge in [0.05, 0.1) is 5.56 Å². The van der Waals surface area contributed by atoms with Crippen LogP contribution in [0.4, 0.5) is 0 Å². The second kappa shape index (κ2) is 8.78. The summed E-state index contributed by atoms with van der Waals surface area (Å²) in [5, 5.41) is 0.567. The van der Waals surface area contributed by atoms with E-state index in [1.165, 1.54) is 5.56 Å². The van der Waals surface area contributed by atoms with E-state index in [4.69, 9.17) is 21.1 Å². The Morgan fingerprint density at radius 2 is 1.74 bits per heavy atom. The molecule has 3 aromatic rings. The lowest BCUT2D eigenvalue weighted by atomic mass is 10.0. The summed E-state index contributed by atoms with van der Waals surface area (Å²) in [6, 6.07) is 19.6. The maximum Gasteiger partial charge on any atom is 0.231 e. The number of hydrogen-bond donors (Lipinski definition) is 0. The molecule has 1 aliphatic rings. The molecule has 4 nitrogen and oxygen atoms in total. The summed E-state index contributed by atoms with van der Waals surface area (Å²) >= 11 is 5.85. The Balaban J connectivity index is 1.45. The van der Waals surface area contributed by atoms with Gasteiger partial charge in [0, 0.05) is 16.7 Å². The number of ketones is 2. The lowest BCUT2D eigenvalue weighted by Gasteiger charge is -2.07. The predicted octanol–water partition coefficient (Wildman–Crippen LogP) is 6.34. The Kier molecular flexibility index (Phi) is 5.92. The highest BCUT2D eigenvalue weighted by Crippen LogP contribution is 2.35. The molecule has 0 aliphatic carbocycles. The summed E-state index contributed by atoms with van der Waals surface area (Å²) in [5.74, 6) is 1.25. The average molecular weight is 433 g/mol. The van der Waals surface area contributed by atoms with Gasteiger partial charge in [0.15, 0.2) is 18.1 Å². The van der Waals surface area contributed by atoms with Gasteiger partial charge in [0.2, 0.25) is 5.78 Å². The van der Waals surface area contributed by atoms with Crippen LogP contribution in [0.1, 0.15) is 51.6 Å². The van der Waals surface area contributed by atoms with E-state index in [2.05, 4.69) is 13.8 Å². The number of hydrogen-bond acceptors (Lipinski definition) is 4. The van der Waals surface area contributed by atoms with Crippen LogP contribution in [0.5, 0.6) is 11.5 Å². The number of ether oxygens (including phenoxy) is 2. The van der Waals surface area contributed by atoms with Crippen molar-refractivity contribution in [2.45, 2.75) is 19.8 Å². The molecule has 31 heavy (non-hydrogen) atoms. The molecule has 0 bridgehead atoms. The quantitative estimate of drug-likeness (QED) is 0.337. The lowest BCUT2D eigenvalue weighted by molar-refractivity contribution is 0.0921. The first kappa shape index (κ1) is 20.9. The van der Waals surface area contributed by atoms with E-state index in [0.29, 0.717) is 33.6 Å². The van der Waals surface area contributed by atoms with Gasteiger partial charge in [-0.25, -0.2) is 0 Å². The third-order valence-corrected chi connectivity index (χ3v) is 5.33. The molecular formula is C26H21ClO4. The number of halogens is 1. The molecule has 1 heterocycles. The molecule has 0 saturated heterocycles. The molecule has 0 spiro atoms. The van der Waals surface area contributed by atoms with Gasteiger partial charge in [0.25, 0.3) is 0 Å². The van der Waals surface area contributed by atoms with Crippen molar-refractivity contribution in [3.63, 3.8) is 0 Å². The molecule has 5 heteroatoms.